The van der Waals surface area contributed by atoms with Gasteiger partial charge in [0.25, 0.3) is 0 Å². The number of benzene rings is 1. The Kier molecular flexibility index (Phi) is 7.81. The van der Waals surface area contributed by atoms with E-state index in [9.17, 15) is 13.2 Å². The maximum Gasteiger partial charge on any atom is 0.244 e. The van der Waals surface area contributed by atoms with Crippen molar-refractivity contribution in [1.29, 1.82) is 0 Å². The number of piperidine rings is 1. The van der Waals surface area contributed by atoms with Crippen molar-refractivity contribution in [2.45, 2.75) is 23.8 Å². The van der Waals surface area contributed by atoms with Crippen molar-refractivity contribution in [1.82, 2.24) is 14.5 Å². The lowest BCUT2D eigenvalue weighted by Gasteiger charge is -2.31. The summed E-state index contributed by atoms with van der Waals surface area (Å²) in [5.74, 6) is -0.242. The Bertz CT molecular complexity index is 973. The Hall–Kier alpha value is -1.16. The zero-order chi connectivity index (χ0) is 21.9. The number of thiophene rings is 1. The fraction of sp³-hybridized carbons (Fsp3) is 0.450. The third-order valence-corrected chi connectivity index (χ3v) is 8.89. The normalized spacial score (nSPS) is 17.2. The Labute approximate surface area is 191 Å². The monoisotopic (exact) mass is 489 g/mol. The van der Waals surface area contributed by atoms with Gasteiger partial charge in [-0.2, -0.15) is 4.31 Å². The number of carbonyl (C=O) groups excluding carboxylic acids is 1. The van der Waals surface area contributed by atoms with Gasteiger partial charge in [0.15, 0.2) is 0 Å². The van der Waals surface area contributed by atoms with Crippen molar-refractivity contribution in [3.05, 3.63) is 50.6 Å². The summed E-state index contributed by atoms with van der Waals surface area (Å²) in [6, 6.07) is 8.57. The first-order chi connectivity index (χ1) is 14.2. The smallest absolute Gasteiger partial charge is 0.244 e. The van der Waals surface area contributed by atoms with E-state index < -0.39 is 10.0 Å². The first-order valence-electron chi connectivity index (χ1n) is 9.63. The van der Waals surface area contributed by atoms with Crippen LogP contribution in [0.2, 0.25) is 10.0 Å². The average molecular weight is 490 g/mol. The Balaban J connectivity index is 1.58. The highest BCUT2D eigenvalue weighted by atomic mass is 35.5. The largest absolute Gasteiger partial charge is 0.354 e. The van der Waals surface area contributed by atoms with E-state index >= 15 is 0 Å². The van der Waals surface area contributed by atoms with Crippen LogP contribution in [0.5, 0.6) is 0 Å². The van der Waals surface area contributed by atoms with Crippen LogP contribution >= 0.6 is 34.5 Å². The standard InChI is InChI=1S/C20H25Cl2N3O3S2/c1-24(2)17(18-4-3-11-29-18)13-23-20(26)14-7-9-25(10-8-14)30(27,28)19-12-15(21)5-6-16(19)22/h3-6,11-12,14,17H,7-10,13H2,1-2H3,(H,23,26)/t17-/m1/s1. The molecule has 1 aromatic carbocycles. The zero-order valence-corrected chi connectivity index (χ0v) is 20.0. The summed E-state index contributed by atoms with van der Waals surface area (Å²) < 4.78 is 27.2. The summed E-state index contributed by atoms with van der Waals surface area (Å²) in [6.07, 6.45) is 0.934. The minimum atomic E-state index is -3.75. The zero-order valence-electron chi connectivity index (χ0n) is 16.8. The molecule has 0 radical (unpaired) electrons. The number of rotatable bonds is 7. The van der Waals surface area contributed by atoms with Crippen molar-refractivity contribution in [2.75, 3.05) is 33.7 Å². The number of amides is 1. The van der Waals surface area contributed by atoms with Crippen LogP contribution in [0.1, 0.15) is 23.8 Å². The van der Waals surface area contributed by atoms with Gasteiger partial charge in [0.05, 0.1) is 11.1 Å². The molecule has 1 fully saturated rings. The molecule has 1 atom stereocenters. The van der Waals surface area contributed by atoms with E-state index in [1.807, 2.05) is 25.5 Å². The molecule has 1 aliphatic rings. The number of nitrogens with zero attached hydrogens (tertiary/aromatic N) is 2. The fourth-order valence-electron chi connectivity index (χ4n) is 3.53. The summed E-state index contributed by atoms with van der Waals surface area (Å²) in [4.78, 5) is 16.0. The number of sulfonamides is 1. The maximum atomic E-state index is 12.9. The molecule has 1 aliphatic heterocycles. The highest BCUT2D eigenvalue weighted by molar-refractivity contribution is 7.89. The van der Waals surface area contributed by atoms with E-state index in [-0.39, 0.29) is 40.9 Å². The second kappa shape index (κ2) is 9.97. The second-order valence-corrected chi connectivity index (χ2v) is 11.2. The molecule has 2 aromatic rings. The van der Waals surface area contributed by atoms with Crippen molar-refractivity contribution in [2.24, 2.45) is 5.92 Å². The number of likely N-dealkylation sites (N-methyl/N-ethyl adjacent to an activating group) is 1. The van der Waals surface area contributed by atoms with Gasteiger partial charge in [-0.1, -0.05) is 29.3 Å². The van der Waals surface area contributed by atoms with Gasteiger partial charge in [-0.05, 0) is 56.6 Å². The van der Waals surface area contributed by atoms with Gasteiger partial charge in [0.2, 0.25) is 15.9 Å². The molecular weight excluding hydrogens is 465 g/mol. The number of carbonyl (C=O) groups is 1. The second-order valence-electron chi connectivity index (χ2n) is 7.49. The topological polar surface area (TPSA) is 69.7 Å². The molecule has 3 rings (SSSR count). The third-order valence-electron chi connectivity index (χ3n) is 5.30. The summed E-state index contributed by atoms with van der Waals surface area (Å²) in [5.41, 5.74) is 0. The van der Waals surface area contributed by atoms with E-state index in [0.29, 0.717) is 24.4 Å². The highest BCUT2D eigenvalue weighted by Crippen LogP contribution is 2.30. The highest BCUT2D eigenvalue weighted by Gasteiger charge is 2.33. The lowest BCUT2D eigenvalue weighted by Crippen LogP contribution is -2.44. The number of hydrogen-bond donors (Lipinski definition) is 1. The van der Waals surface area contributed by atoms with Gasteiger partial charge in [-0.3, -0.25) is 4.79 Å². The summed E-state index contributed by atoms with van der Waals surface area (Å²) >= 11 is 13.7. The maximum absolute atomic E-state index is 12.9. The van der Waals surface area contributed by atoms with Crippen LogP contribution in [0.3, 0.4) is 0 Å². The minimum absolute atomic E-state index is 0.00402. The van der Waals surface area contributed by atoms with Crippen molar-refractivity contribution < 1.29 is 13.2 Å². The van der Waals surface area contributed by atoms with Crippen LogP contribution in [-0.4, -0.2) is 57.3 Å². The van der Waals surface area contributed by atoms with E-state index in [1.54, 1.807) is 17.4 Å². The average Bonchev–Trinajstić information content (AvgIpc) is 3.24. The summed E-state index contributed by atoms with van der Waals surface area (Å²) in [5, 5.41) is 5.52. The summed E-state index contributed by atoms with van der Waals surface area (Å²) in [7, 11) is 0.223. The molecule has 164 valence electrons. The molecule has 0 spiro atoms. The molecule has 1 N–H and O–H groups in total. The van der Waals surface area contributed by atoms with Crippen LogP contribution in [0.25, 0.3) is 0 Å². The minimum Gasteiger partial charge on any atom is -0.354 e. The number of nitrogens with one attached hydrogen (secondary N) is 1. The van der Waals surface area contributed by atoms with Crippen LogP contribution in [0.4, 0.5) is 0 Å². The predicted octanol–water partition coefficient (Wildman–Crippen LogP) is 3.87. The molecule has 0 bridgehead atoms. The lowest BCUT2D eigenvalue weighted by atomic mass is 9.97. The van der Waals surface area contributed by atoms with Gasteiger partial charge in [0.1, 0.15) is 4.90 Å². The first-order valence-corrected chi connectivity index (χ1v) is 12.7. The van der Waals surface area contributed by atoms with E-state index in [2.05, 4.69) is 16.3 Å². The van der Waals surface area contributed by atoms with Crippen molar-refractivity contribution in [3.8, 4) is 0 Å². The van der Waals surface area contributed by atoms with Crippen LogP contribution in [-0.2, 0) is 14.8 Å². The molecular formula is C20H25Cl2N3O3S2. The first kappa shape index (κ1) is 23.5. The molecule has 10 heteroatoms. The Morgan fingerprint density at radius 2 is 1.97 bits per heavy atom. The summed E-state index contributed by atoms with van der Waals surface area (Å²) in [6.45, 7) is 1.06. The molecule has 30 heavy (non-hydrogen) atoms. The quantitative estimate of drug-likeness (QED) is 0.640. The SMILES string of the molecule is CN(C)[C@H](CNC(=O)C1CCN(S(=O)(=O)c2cc(Cl)ccc2Cl)CC1)c1cccs1. The van der Waals surface area contributed by atoms with Gasteiger partial charge in [-0.25, -0.2) is 8.42 Å². The molecule has 1 amide bonds. The Morgan fingerprint density at radius 1 is 1.27 bits per heavy atom. The van der Waals surface area contributed by atoms with Crippen LogP contribution in [0.15, 0.2) is 40.6 Å². The van der Waals surface area contributed by atoms with Gasteiger partial charge in [-0.15, -0.1) is 11.3 Å². The van der Waals surface area contributed by atoms with Crippen LogP contribution < -0.4 is 5.32 Å². The molecule has 1 aromatic heterocycles. The molecule has 0 unspecified atom stereocenters. The number of hydrogen-bond acceptors (Lipinski definition) is 5. The molecule has 0 aliphatic carbocycles. The molecule has 0 saturated carbocycles. The van der Waals surface area contributed by atoms with E-state index in [0.717, 1.165) is 0 Å². The lowest BCUT2D eigenvalue weighted by molar-refractivity contribution is -0.126. The van der Waals surface area contributed by atoms with E-state index in [1.165, 1.54) is 21.3 Å². The van der Waals surface area contributed by atoms with E-state index in [4.69, 9.17) is 23.2 Å². The van der Waals surface area contributed by atoms with Gasteiger partial charge < -0.3 is 10.2 Å². The fourth-order valence-corrected chi connectivity index (χ4v) is 6.66. The number of halogens is 2. The third kappa shape index (κ3) is 5.36. The molecule has 6 nitrogen and oxygen atoms in total. The van der Waals surface area contributed by atoms with Crippen molar-refractivity contribution in [3.63, 3.8) is 0 Å². The van der Waals surface area contributed by atoms with Gasteiger partial charge >= 0.3 is 0 Å². The van der Waals surface area contributed by atoms with Gasteiger partial charge in [0, 0.05) is 35.5 Å². The molecule has 2 heterocycles. The Morgan fingerprint density at radius 3 is 2.57 bits per heavy atom. The van der Waals surface area contributed by atoms with Crippen LogP contribution in [0, 0.1) is 5.92 Å². The predicted molar refractivity (Wildman–Crippen MR) is 122 cm³/mol. The van der Waals surface area contributed by atoms with Crippen molar-refractivity contribution >= 4 is 50.5 Å². The molecule has 1 saturated heterocycles.